The highest BCUT2D eigenvalue weighted by atomic mass is 32.1. The first kappa shape index (κ1) is 19.0. The first-order valence-corrected chi connectivity index (χ1v) is 8.58. The number of rotatable bonds is 5. The fraction of sp³-hybridized carbons (Fsp3) is 0.235. The molecular formula is C17H13F4N3O2S. The number of aromatic nitrogens is 1. The number of benzene rings is 1. The minimum absolute atomic E-state index is 0.134. The molecule has 0 unspecified atom stereocenters. The fourth-order valence-electron chi connectivity index (χ4n) is 2.46. The molecule has 3 rings (SSSR count). The van der Waals surface area contributed by atoms with Gasteiger partial charge >= 0.3 is 6.18 Å². The van der Waals surface area contributed by atoms with E-state index in [4.69, 9.17) is 4.84 Å². The minimum atomic E-state index is -4.43. The Balaban J connectivity index is 1.73. The Morgan fingerprint density at radius 2 is 1.96 bits per heavy atom. The maximum atomic E-state index is 12.9. The lowest BCUT2D eigenvalue weighted by Gasteiger charge is -2.38. The molecule has 1 aliphatic rings. The first-order valence-electron chi connectivity index (χ1n) is 7.70. The number of nitrogens with zero attached hydrogens (tertiary/aromatic N) is 3. The van der Waals surface area contributed by atoms with Crippen molar-refractivity contribution < 1.29 is 27.2 Å². The summed E-state index contributed by atoms with van der Waals surface area (Å²) < 4.78 is 50.7. The number of carbonyl (C=O) groups excluding carboxylic acids is 1. The third-order valence-corrected chi connectivity index (χ3v) is 4.70. The molecule has 1 aromatic carbocycles. The zero-order valence-electron chi connectivity index (χ0n) is 13.7. The number of halogens is 4. The van der Waals surface area contributed by atoms with E-state index in [-0.39, 0.29) is 24.8 Å². The summed E-state index contributed by atoms with van der Waals surface area (Å²) >= 11 is 1.30. The van der Waals surface area contributed by atoms with Crippen molar-refractivity contribution in [2.75, 3.05) is 13.1 Å². The molecule has 10 heteroatoms. The molecule has 0 spiro atoms. The second-order valence-electron chi connectivity index (χ2n) is 5.77. The quantitative estimate of drug-likeness (QED) is 0.332. The van der Waals surface area contributed by atoms with Gasteiger partial charge in [0.05, 0.1) is 16.0 Å². The molecular weight excluding hydrogens is 386 g/mol. The van der Waals surface area contributed by atoms with Crippen LogP contribution in [0.2, 0.25) is 0 Å². The summed E-state index contributed by atoms with van der Waals surface area (Å²) in [5.41, 5.74) is 1.29. The van der Waals surface area contributed by atoms with Crippen LogP contribution in [0.1, 0.15) is 10.4 Å². The van der Waals surface area contributed by atoms with E-state index in [0.29, 0.717) is 10.6 Å². The van der Waals surface area contributed by atoms with Crippen LogP contribution in [-0.4, -0.2) is 34.6 Å². The van der Waals surface area contributed by atoms with Gasteiger partial charge in [-0.3, -0.25) is 9.78 Å². The van der Waals surface area contributed by atoms with Crippen LogP contribution in [0.25, 0.3) is 0 Å². The Morgan fingerprint density at radius 1 is 1.30 bits per heavy atom. The maximum absolute atomic E-state index is 12.9. The average Bonchev–Trinajstić information content (AvgIpc) is 3.10. The third-order valence-electron chi connectivity index (χ3n) is 3.90. The van der Waals surface area contributed by atoms with Crippen LogP contribution in [0.3, 0.4) is 0 Å². The molecule has 142 valence electrons. The molecule has 27 heavy (non-hydrogen) atoms. The summed E-state index contributed by atoms with van der Waals surface area (Å²) in [6.07, 6.45) is -2.86. The van der Waals surface area contributed by atoms with Crippen molar-refractivity contribution in [1.82, 2.24) is 9.88 Å². The highest BCUT2D eigenvalue weighted by Crippen LogP contribution is 2.30. The SMILES string of the molecule is C=C(F)C(=O)N1CC(C(=NOc2ccc(C(F)(F)F)cc2)c2cncs2)C1. The van der Waals surface area contributed by atoms with Gasteiger partial charge in [0, 0.05) is 25.2 Å². The molecule has 0 bridgehead atoms. The molecule has 1 saturated heterocycles. The highest BCUT2D eigenvalue weighted by molar-refractivity contribution is 7.11. The van der Waals surface area contributed by atoms with Crippen molar-refractivity contribution in [3.05, 3.63) is 58.8 Å². The van der Waals surface area contributed by atoms with Gasteiger partial charge in [0.15, 0.2) is 11.6 Å². The molecule has 1 amide bonds. The Bertz CT molecular complexity index is 857. The molecule has 0 atom stereocenters. The molecule has 5 nitrogen and oxygen atoms in total. The van der Waals surface area contributed by atoms with Crippen LogP contribution < -0.4 is 4.84 Å². The largest absolute Gasteiger partial charge is 0.416 e. The predicted octanol–water partition coefficient (Wildman–Crippen LogP) is 3.89. The van der Waals surface area contributed by atoms with Gasteiger partial charge in [-0.25, -0.2) is 4.39 Å². The van der Waals surface area contributed by atoms with Gasteiger partial charge < -0.3 is 9.74 Å². The Kier molecular flexibility index (Phi) is 5.26. The Labute approximate surface area is 155 Å². The second-order valence-corrected chi connectivity index (χ2v) is 6.65. The van der Waals surface area contributed by atoms with Gasteiger partial charge in [0.25, 0.3) is 5.91 Å². The highest BCUT2D eigenvalue weighted by Gasteiger charge is 2.36. The maximum Gasteiger partial charge on any atom is 0.416 e. The first-order chi connectivity index (χ1) is 12.8. The number of likely N-dealkylation sites (tertiary alicyclic amines) is 1. The third kappa shape index (κ3) is 4.33. The van der Waals surface area contributed by atoms with E-state index in [1.165, 1.54) is 28.4 Å². The Morgan fingerprint density at radius 3 is 2.48 bits per heavy atom. The van der Waals surface area contributed by atoms with E-state index in [2.05, 4.69) is 16.7 Å². The van der Waals surface area contributed by atoms with Crippen molar-refractivity contribution in [2.24, 2.45) is 11.1 Å². The number of thiazole rings is 1. The topological polar surface area (TPSA) is 54.8 Å². The normalized spacial score (nSPS) is 15.4. The van der Waals surface area contributed by atoms with Crippen molar-refractivity contribution in [3.8, 4) is 5.75 Å². The predicted molar refractivity (Wildman–Crippen MR) is 91.0 cm³/mol. The van der Waals surface area contributed by atoms with E-state index in [0.717, 1.165) is 12.1 Å². The molecule has 1 fully saturated rings. The molecule has 1 aliphatic heterocycles. The number of carbonyl (C=O) groups is 1. The van der Waals surface area contributed by atoms with E-state index >= 15 is 0 Å². The number of alkyl halides is 3. The van der Waals surface area contributed by atoms with Crippen molar-refractivity contribution in [1.29, 1.82) is 0 Å². The summed E-state index contributed by atoms with van der Waals surface area (Å²) in [6.45, 7) is 3.44. The van der Waals surface area contributed by atoms with E-state index < -0.39 is 23.5 Å². The van der Waals surface area contributed by atoms with Crippen LogP contribution in [0.4, 0.5) is 17.6 Å². The monoisotopic (exact) mass is 399 g/mol. The zero-order chi connectivity index (χ0) is 19.6. The van der Waals surface area contributed by atoms with Crippen molar-refractivity contribution >= 4 is 23.0 Å². The lowest BCUT2D eigenvalue weighted by atomic mass is 9.93. The van der Waals surface area contributed by atoms with E-state index in [9.17, 15) is 22.4 Å². The molecule has 0 radical (unpaired) electrons. The van der Waals surface area contributed by atoms with Crippen LogP contribution in [0, 0.1) is 5.92 Å². The van der Waals surface area contributed by atoms with Crippen LogP contribution in [0.15, 0.2) is 53.5 Å². The molecule has 0 saturated carbocycles. The standard InChI is InChI=1S/C17H13F4N3O2S/c1-10(18)16(25)24-7-11(8-24)15(14-6-22-9-27-14)23-26-13-4-2-12(3-5-13)17(19,20)21/h2-6,9,11H,1,7-8H2. The summed E-state index contributed by atoms with van der Waals surface area (Å²) in [5.74, 6) is -1.89. The number of amides is 1. The smallest absolute Gasteiger partial charge is 0.357 e. The summed E-state index contributed by atoms with van der Waals surface area (Å²) in [4.78, 5) is 22.7. The molecule has 0 N–H and O–H groups in total. The second kappa shape index (κ2) is 7.47. The molecule has 2 aromatic rings. The van der Waals surface area contributed by atoms with Crippen LogP contribution in [0.5, 0.6) is 5.75 Å². The number of hydrogen-bond donors (Lipinski definition) is 0. The lowest BCUT2D eigenvalue weighted by Crippen LogP contribution is -2.53. The van der Waals surface area contributed by atoms with Gasteiger partial charge in [-0.05, 0) is 24.3 Å². The van der Waals surface area contributed by atoms with Crippen molar-refractivity contribution in [3.63, 3.8) is 0 Å². The van der Waals surface area contributed by atoms with Gasteiger partial charge in [0.2, 0.25) is 0 Å². The van der Waals surface area contributed by atoms with Crippen LogP contribution in [-0.2, 0) is 11.0 Å². The summed E-state index contributed by atoms with van der Waals surface area (Å²) in [5, 5.41) is 4.04. The van der Waals surface area contributed by atoms with Gasteiger partial charge in [-0.1, -0.05) is 11.7 Å². The zero-order valence-corrected chi connectivity index (χ0v) is 14.6. The van der Waals surface area contributed by atoms with Gasteiger partial charge in [-0.15, -0.1) is 11.3 Å². The van der Waals surface area contributed by atoms with E-state index in [1.54, 1.807) is 11.7 Å². The average molecular weight is 399 g/mol. The van der Waals surface area contributed by atoms with Crippen LogP contribution >= 0.6 is 11.3 Å². The molecule has 1 aromatic heterocycles. The number of oxime groups is 1. The fourth-order valence-corrected chi connectivity index (χ4v) is 3.14. The van der Waals surface area contributed by atoms with Crippen molar-refractivity contribution in [2.45, 2.75) is 6.18 Å². The van der Waals surface area contributed by atoms with Gasteiger partial charge in [0.1, 0.15) is 5.71 Å². The summed E-state index contributed by atoms with van der Waals surface area (Å²) in [6, 6.07) is 4.13. The summed E-state index contributed by atoms with van der Waals surface area (Å²) in [7, 11) is 0. The minimum Gasteiger partial charge on any atom is -0.357 e. The molecule has 2 heterocycles. The Hall–Kier alpha value is -2.75. The van der Waals surface area contributed by atoms with E-state index in [1.807, 2.05) is 0 Å². The molecule has 0 aliphatic carbocycles. The van der Waals surface area contributed by atoms with Gasteiger partial charge in [-0.2, -0.15) is 13.2 Å². The number of hydrogen-bond acceptors (Lipinski definition) is 5. The lowest BCUT2D eigenvalue weighted by molar-refractivity contribution is -0.137.